The minimum absolute atomic E-state index is 0.0716. The van der Waals surface area contributed by atoms with E-state index < -0.39 is 5.41 Å². The fourth-order valence-corrected chi connectivity index (χ4v) is 2.39. The Morgan fingerprint density at radius 3 is 2.90 bits per heavy atom. The molecule has 0 spiro atoms. The molecule has 21 heavy (non-hydrogen) atoms. The quantitative estimate of drug-likeness (QED) is 0.386. The summed E-state index contributed by atoms with van der Waals surface area (Å²) in [6.07, 6.45) is 1.18. The van der Waals surface area contributed by atoms with Crippen molar-refractivity contribution in [2.45, 2.75) is 26.7 Å². The summed E-state index contributed by atoms with van der Waals surface area (Å²) in [4.78, 5) is 14.6. The van der Waals surface area contributed by atoms with Gasteiger partial charge in [0.2, 0.25) is 5.91 Å². The summed E-state index contributed by atoms with van der Waals surface area (Å²) < 4.78 is 5.66. The number of ether oxygens (including phenoxy) is 1. The number of carbonyl (C=O) groups excluding carboxylic acids is 1. The highest BCUT2D eigenvalue weighted by Crippen LogP contribution is 2.34. The number of hydrogen-bond donors (Lipinski definition) is 2. The third-order valence-corrected chi connectivity index (χ3v) is 4.04. The Morgan fingerprint density at radius 1 is 1.52 bits per heavy atom. The van der Waals surface area contributed by atoms with E-state index in [1.165, 1.54) is 0 Å². The van der Waals surface area contributed by atoms with Gasteiger partial charge in [0.05, 0.1) is 12.3 Å². The first-order valence-corrected chi connectivity index (χ1v) is 7.06. The zero-order valence-electron chi connectivity index (χ0n) is 12.4. The van der Waals surface area contributed by atoms with Crippen LogP contribution in [0.1, 0.15) is 26.7 Å². The molecule has 114 valence electrons. The van der Waals surface area contributed by atoms with Crippen molar-refractivity contribution in [2.24, 2.45) is 16.3 Å². The molecule has 0 bridgehead atoms. The van der Waals surface area contributed by atoms with E-state index in [1.807, 2.05) is 31.2 Å². The van der Waals surface area contributed by atoms with Crippen LogP contribution in [-0.2, 0) is 4.79 Å². The largest absolute Gasteiger partial charge is 0.491 e. The molecule has 3 N–H and O–H groups in total. The lowest BCUT2D eigenvalue weighted by Gasteiger charge is -2.32. The first-order chi connectivity index (χ1) is 10.0. The van der Waals surface area contributed by atoms with Gasteiger partial charge in [-0.05, 0) is 31.9 Å². The number of benzene rings is 1. The number of nitrogens with zero attached hydrogens (tertiary/aromatic N) is 2. The summed E-state index contributed by atoms with van der Waals surface area (Å²) in [7, 11) is 0. The monoisotopic (exact) mass is 291 g/mol. The topological polar surface area (TPSA) is 88.2 Å². The first-order valence-electron chi connectivity index (χ1n) is 7.06. The van der Waals surface area contributed by atoms with Crippen LogP contribution in [0.25, 0.3) is 0 Å². The highest BCUT2D eigenvalue weighted by molar-refractivity contribution is 6.13. The van der Waals surface area contributed by atoms with Gasteiger partial charge in [0.1, 0.15) is 11.2 Å². The maximum absolute atomic E-state index is 13.0. The lowest BCUT2D eigenvalue weighted by molar-refractivity contribution is -0.124. The normalized spacial score (nSPS) is 18.2. The molecule has 1 aliphatic rings. The van der Waals surface area contributed by atoms with Crippen molar-refractivity contribution >= 4 is 17.4 Å². The lowest BCUT2D eigenvalue weighted by Crippen LogP contribution is -2.50. The van der Waals surface area contributed by atoms with Crippen molar-refractivity contribution in [1.29, 1.82) is 0 Å². The molecular formula is C15H21N3O3. The SMILES string of the molecule is CCC(C)(C(=O)N1CCCOc2ccccc21)/C(N)=N/O. The fraction of sp³-hybridized carbons (Fsp3) is 0.467. The maximum Gasteiger partial charge on any atom is 0.240 e. The van der Waals surface area contributed by atoms with Crippen molar-refractivity contribution in [3.05, 3.63) is 24.3 Å². The van der Waals surface area contributed by atoms with Gasteiger partial charge in [0.25, 0.3) is 0 Å². The van der Waals surface area contributed by atoms with Gasteiger partial charge in [-0.2, -0.15) is 0 Å². The average Bonchev–Trinajstić information content (AvgIpc) is 2.74. The van der Waals surface area contributed by atoms with Crippen molar-refractivity contribution in [1.82, 2.24) is 0 Å². The van der Waals surface area contributed by atoms with E-state index in [9.17, 15) is 4.79 Å². The Morgan fingerprint density at radius 2 is 2.24 bits per heavy atom. The minimum Gasteiger partial charge on any atom is -0.491 e. The van der Waals surface area contributed by atoms with Crippen LogP contribution in [-0.4, -0.2) is 30.1 Å². The van der Waals surface area contributed by atoms with Gasteiger partial charge in [-0.1, -0.05) is 24.2 Å². The fourth-order valence-electron chi connectivity index (χ4n) is 2.39. The van der Waals surface area contributed by atoms with Crippen LogP contribution in [0.3, 0.4) is 0 Å². The van der Waals surface area contributed by atoms with E-state index in [-0.39, 0.29) is 11.7 Å². The number of nitrogens with two attached hydrogens (primary N) is 1. The van der Waals surface area contributed by atoms with Crippen LogP contribution < -0.4 is 15.4 Å². The van der Waals surface area contributed by atoms with Gasteiger partial charge < -0.3 is 20.6 Å². The summed E-state index contributed by atoms with van der Waals surface area (Å²) in [6.45, 7) is 4.65. The number of hydrogen-bond acceptors (Lipinski definition) is 4. The molecule has 0 aliphatic carbocycles. The van der Waals surface area contributed by atoms with Crippen LogP contribution in [0, 0.1) is 5.41 Å². The zero-order valence-corrected chi connectivity index (χ0v) is 12.4. The average molecular weight is 291 g/mol. The third kappa shape index (κ3) is 2.66. The predicted octanol–water partition coefficient (Wildman–Crippen LogP) is 1.96. The number of fused-ring (bicyclic) bond motifs is 1. The molecule has 1 aromatic rings. The van der Waals surface area contributed by atoms with Crippen LogP contribution in [0.4, 0.5) is 5.69 Å². The molecule has 6 nitrogen and oxygen atoms in total. The van der Waals surface area contributed by atoms with E-state index in [2.05, 4.69) is 5.16 Å². The highest BCUT2D eigenvalue weighted by atomic mass is 16.5. The molecule has 2 rings (SSSR count). The van der Waals surface area contributed by atoms with Crippen molar-refractivity contribution in [3.8, 4) is 5.75 Å². The maximum atomic E-state index is 13.0. The van der Waals surface area contributed by atoms with Gasteiger partial charge in [-0.25, -0.2) is 0 Å². The second-order valence-electron chi connectivity index (χ2n) is 5.30. The van der Waals surface area contributed by atoms with Gasteiger partial charge in [0, 0.05) is 6.54 Å². The van der Waals surface area contributed by atoms with Gasteiger partial charge in [-0.3, -0.25) is 4.79 Å². The van der Waals surface area contributed by atoms with E-state index >= 15 is 0 Å². The number of amidine groups is 1. The standard InChI is InChI=1S/C15H21N3O3/c1-3-15(2,13(16)17-20)14(19)18-9-6-10-21-12-8-5-4-7-11(12)18/h4-5,7-8,20H,3,6,9-10H2,1-2H3,(H2,16,17). The number of rotatable bonds is 3. The summed E-state index contributed by atoms with van der Waals surface area (Å²) in [5.41, 5.74) is 5.44. The number of carbonyl (C=O) groups is 1. The molecule has 0 fully saturated rings. The molecule has 1 amide bonds. The number of amides is 1. The van der Waals surface area contributed by atoms with Gasteiger partial charge in [0.15, 0.2) is 5.84 Å². The predicted molar refractivity (Wildman–Crippen MR) is 80.7 cm³/mol. The minimum atomic E-state index is -1.04. The number of oxime groups is 1. The molecule has 1 unspecified atom stereocenters. The van der Waals surface area contributed by atoms with Crippen LogP contribution in [0.15, 0.2) is 29.4 Å². The molecular weight excluding hydrogens is 270 g/mol. The highest BCUT2D eigenvalue weighted by Gasteiger charge is 2.41. The van der Waals surface area contributed by atoms with Gasteiger partial charge in [-0.15, -0.1) is 0 Å². The number of para-hydroxylation sites is 2. The molecule has 0 radical (unpaired) electrons. The third-order valence-electron chi connectivity index (χ3n) is 4.04. The van der Waals surface area contributed by atoms with Crippen LogP contribution in [0.5, 0.6) is 5.75 Å². The molecule has 1 atom stereocenters. The Kier molecular flexibility index (Phi) is 4.35. The van der Waals surface area contributed by atoms with E-state index in [0.29, 0.717) is 25.3 Å². The Labute approximate surface area is 124 Å². The zero-order chi connectivity index (χ0) is 15.5. The molecule has 0 saturated carbocycles. The van der Waals surface area contributed by atoms with E-state index in [1.54, 1.807) is 11.8 Å². The van der Waals surface area contributed by atoms with Gasteiger partial charge >= 0.3 is 0 Å². The Balaban J connectivity index is 2.43. The lowest BCUT2D eigenvalue weighted by atomic mass is 9.84. The molecule has 0 saturated heterocycles. The Hall–Kier alpha value is -2.24. The summed E-state index contributed by atoms with van der Waals surface area (Å²) in [5, 5.41) is 12.0. The molecule has 6 heteroatoms. The molecule has 0 aromatic heterocycles. The summed E-state index contributed by atoms with van der Waals surface area (Å²) in [6, 6.07) is 7.42. The van der Waals surface area contributed by atoms with E-state index in [4.69, 9.17) is 15.7 Å². The van der Waals surface area contributed by atoms with Crippen molar-refractivity contribution in [2.75, 3.05) is 18.1 Å². The molecule has 1 aliphatic heterocycles. The van der Waals surface area contributed by atoms with Crippen molar-refractivity contribution < 1.29 is 14.7 Å². The second kappa shape index (κ2) is 6.03. The number of anilines is 1. The Bertz CT molecular complexity index is 559. The van der Waals surface area contributed by atoms with Crippen molar-refractivity contribution in [3.63, 3.8) is 0 Å². The smallest absolute Gasteiger partial charge is 0.240 e. The van der Waals surface area contributed by atoms with Crippen LogP contribution >= 0.6 is 0 Å². The summed E-state index contributed by atoms with van der Waals surface area (Å²) in [5.74, 6) is 0.428. The first kappa shape index (κ1) is 15.2. The molecule has 1 aromatic carbocycles. The molecule has 1 heterocycles. The second-order valence-corrected chi connectivity index (χ2v) is 5.30. The van der Waals surface area contributed by atoms with E-state index in [0.717, 1.165) is 12.1 Å². The summed E-state index contributed by atoms with van der Waals surface area (Å²) >= 11 is 0. The van der Waals surface area contributed by atoms with Crippen LogP contribution in [0.2, 0.25) is 0 Å².